The van der Waals surface area contributed by atoms with Gasteiger partial charge in [-0.05, 0) is 37.8 Å². The molecule has 3 N–H and O–H groups in total. The third-order valence-corrected chi connectivity index (χ3v) is 4.22. The lowest BCUT2D eigenvalue weighted by Gasteiger charge is -2.30. The van der Waals surface area contributed by atoms with Gasteiger partial charge in [0, 0.05) is 36.8 Å². The van der Waals surface area contributed by atoms with Crippen LogP contribution < -0.4 is 15.8 Å². The Bertz CT molecular complexity index is 592. The van der Waals surface area contributed by atoms with Crippen molar-refractivity contribution in [1.82, 2.24) is 4.90 Å². The van der Waals surface area contributed by atoms with Gasteiger partial charge in [0.15, 0.2) is 6.61 Å². The van der Waals surface area contributed by atoms with Crippen LogP contribution in [0.3, 0.4) is 0 Å². The summed E-state index contributed by atoms with van der Waals surface area (Å²) < 4.78 is 5.57. The van der Waals surface area contributed by atoms with Crippen LogP contribution in [0, 0.1) is 5.92 Å². The van der Waals surface area contributed by atoms with E-state index in [1.165, 1.54) is 0 Å². The van der Waals surface area contributed by atoms with Crippen molar-refractivity contribution < 1.29 is 14.3 Å². The van der Waals surface area contributed by atoms with Gasteiger partial charge in [-0.25, -0.2) is 0 Å². The number of ether oxygens (including phenoxy) is 1. The van der Waals surface area contributed by atoms with Gasteiger partial charge in [-0.1, -0.05) is 6.07 Å². The molecular weight excluding hydrogens is 330 g/mol. The minimum Gasteiger partial charge on any atom is -0.484 e. The van der Waals surface area contributed by atoms with Crippen molar-refractivity contribution in [2.45, 2.75) is 31.7 Å². The van der Waals surface area contributed by atoms with Gasteiger partial charge in [-0.2, -0.15) is 0 Å². The second-order valence-corrected chi connectivity index (χ2v) is 6.32. The third kappa shape index (κ3) is 5.11. The molecule has 2 fully saturated rings. The number of benzene rings is 1. The second-order valence-electron chi connectivity index (χ2n) is 6.32. The first-order valence-electron chi connectivity index (χ1n) is 8.19. The first kappa shape index (κ1) is 18.5. The molecule has 3 rings (SSSR count). The lowest BCUT2D eigenvalue weighted by atomic mass is 10.1. The number of amides is 2. The van der Waals surface area contributed by atoms with Crippen molar-refractivity contribution in [2.24, 2.45) is 11.7 Å². The summed E-state index contributed by atoms with van der Waals surface area (Å²) in [5.74, 6) is 0.741. The SMILES string of the molecule is Cl.NC1CCCN(C(=O)COc2cccc(NC(=O)C3CC3)c2)C1. The predicted molar refractivity (Wildman–Crippen MR) is 94.3 cm³/mol. The van der Waals surface area contributed by atoms with E-state index in [9.17, 15) is 9.59 Å². The molecule has 1 saturated carbocycles. The Morgan fingerprint density at radius 3 is 2.79 bits per heavy atom. The maximum atomic E-state index is 12.2. The van der Waals surface area contributed by atoms with Gasteiger partial charge >= 0.3 is 0 Å². The van der Waals surface area contributed by atoms with Crippen LogP contribution in [0.1, 0.15) is 25.7 Å². The van der Waals surface area contributed by atoms with E-state index >= 15 is 0 Å². The topological polar surface area (TPSA) is 84.7 Å². The summed E-state index contributed by atoms with van der Waals surface area (Å²) in [4.78, 5) is 25.7. The van der Waals surface area contributed by atoms with E-state index in [2.05, 4.69) is 5.32 Å². The van der Waals surface area contributed by atoms with Gasteiger partial charge in [0.25, 0.3) is 5.91 Å². The highest BCUT2D eigenvalue weighted by Gasteiger charge is 2.29. The Kier molecular flexibility index (Phi) is 6.45. The molecule has 2 aliphatic rings. The standard InChI is InChI=1S/C17H23N3O3.ClH/c18-13-3-2-8-20(10-13)16(21)11-23-15-5-1-4-14(9-15)19-17(22)12-6-7-12;/h1,4-5,9,12-13H,2-3,6-8,10-11,18H2,(H,19,22);1H. The Hall–Kier alpha value is -1.79. The van der Waals surface area contributed by atoms with E-state index in [1.54, 1.807) is 23.1 Å². The molecule has 132 valence electrons. The number of hydrogen-bond acceptors (Lipinski definition) is 4. The molecule has 1 aliphatic heterocycles. The highest BCUT2D eigenvalue weighted by molar-refractivity contribution is 5.94. The number of halogens is 1. The molecule has 1 saturated heterocycles. The molecule has 1 atom stereocenters. The zero-order valence-corrected chi connectivity index (χ0v) is 14.4. The largest absolute Gasteiger partial charge is 0.484 e. The second kappa shape index (κ2) is 8.35. The normalized spacial score (nSPS) is 20.0. The molecule has 24 heavy (non-hydrogen) atoms. The van der Waals surface area contributed by atoms with Gasteiger partial charge in [-0.3, -0.25) is 9.59 Å². The van der Waals surface area contributed by atoms with E-state index in [0.29, 0.717) is 18.0 Å². The minimum absolute atomic E-state index is 0. The molecule has 1 aromatic rings. The molecule has 1 aromatic carbocycles. The van der Waals surface area contributed by atoms with Crippen LogP contribution in [-0.2, 0) is 9.59 Å². The summed E-state index contributed by atoms with van der Waals surface area (Å²) in [6.45, 7) is 1.33. The lowest BCUT2D eigenvalue weighted by molar-refractivity contribution is -0.134. The minimum atomic E-state index is -0.0485. The average molecular weight is 354 g/mol. The molecule has 1 aliphatic carbocycles. The van der Waals surface area contributed by atoms with Crippen molar-refractivity contribution in [2.75, 3.05) is 25.0 Å². The van der Waals surface area contributed by atoms with Crippen molar-refractivity contribution in [3.63, 3.8) is 0 Å². The van der Waals surface area contributed by atoms with Crippen molar-refractivity contribution in [3.8, 4) is 5.75 Å². The smallest absolute Gasteiger partial charge is 0.260 e. The zero-order valence-electron chi connectivity index (χ0n) is 13.6. The lowest BCUT2D eigenvalue weighted by Crippen LogP contribution is -2.47. The highest BCUT2D eigenvalue weighted by atomic mass is 35.5. The zero-order chi connectivity index (χ0) is 16.2. The number of nitrogens with one attached hydrogen (secondary N) is 1. The number of nitrogens with zero attached hydrogens (tertiary/aromatic N) is 1. The molecule has 1 heterocycles. The molecule has 1 unspecified atom stereocenters. The van der Waals surface area contributed by atoms with Crippen LogP contribution in [0.2, 0.25) is 0 Å². The van der Waals surface area contributed by atoms with Gasteiger partial charge in [0.1, 0.15) is 5.75 Å². The molecule has 0 bridgehead atoms. The van der Waals surface area contributed by atoms with Crippen molar-refractivity contribution in [1.29, 1.82) is 0 Å². The number of carbonyl (C=O) groups excluding carboxylic acids is 2. The van der Waals surface area contributed by atoms with Gasteiger partial charge < -0.3 is 20.7 Å². The Labute approximate surface area is 148 Å². The molecule has 0 aromatic heterocycles. The van der Waals surface area contributed by atoms with Crippen LogP contribution in [0.4, 0.5) is 5.69 Å². The third-order valence-electron chi connectivity index (χ3n) is 4.22. The molecule has 0 spiro atoms. The van der Waals surface area contributed by atoms with Crippen LogP contribution in [0.25, 0.3) is 0 Å². The van der Waals surface area contributed by atoms with E-state index < -0.39 is 0 Å². The fourth-order valence-corrected chi connectivity index (χ4v) is 2.73. The van der Waals surface area contributed by atoms with E-state index in [1.807, 2.05) is 6.07 Å². The number of rotatable bonds is 5. The number of carbonyl (C=O) groups is 2. The first-order valence-corrected chi connectivity index (χ1v) is 8.19. The molecule has 0 radical (unpaired) electrons. The van der Waals surface area contributed by atoms with Crippen LogP contribution in [0.15, 0.2) is 24.3 Å². The van der Waals surface area contributed by atoms with Crippen molar-refractivity contribution in [3.05, 3.63) is 24.3 Å². The average Bonchev–Trinajstić information content (AvgIpc) is 3.38. The summed E-state index contributed by atoms with van der Waals surface area (Å²) in [6, 6.07) is 7.21. The van der Waals surface area contributed by atoms with Gasteiger partial charge in [0.2, 0.25) is 5.91 Å². The molecule has 2 amide bonds. The number of likely N-dealkylation sites (tertiary alicyclic amines) is 1. The Morgan fingerprint density at radius 1 is 1.29 bits per heavy atom. The Balaban J connectivity index is 0.00000208. The maximum absolute atomic E-state index is 12.2. The summed E-state index contributed by atoms with van der Waals surface area (Å²) in [6.07, 6.45) is 3.84. The number of nitrogens with two attached hydrogens (primary N) is 1. The quantitative estimate of drug-likeness (QED) is 0.845. The predicted octanol–water partition coefficient (Wildman–Crippen LogP) is 1.79. The van der Waals surface area contributed by atoms with E-state index in [4.69, 9.17) is 10.5 Å². The van der Waals surface area contributed by atoms with E-state index in [-0.39, 0.29) is 42.8 Å². The summed E-state index contributed by atoms with van der Waals surface area (Å²) in [5, 5.41) is 2.87. The van der Waals surface area contributed by atoms with Crippen molar-refractivity contribution >= 4 is 29.9 Å². The summed E-state index contributed by atoms with van der Waals surface area (Å²) >= 11 is 0. The van der Waals surface area contributed by atoms with E-state index in [0.717, 1.165) is 32.2 Å². The molecule has 6 nitrogen and oxygen atoms in total. The van der Waals surface area contributed by atoms with Crippen LogP contribution in [-0.4, -0.2) is 42.5 Å². The fourth-order valence-electron chi connectivity index (χ4n) is 2.73. The first-order chi connectivity index (χ1) is 11.1. The van der Waals surface area contributed by atoms with Gasteiger partial charge in [-0.15, -0.1) is 12.4 Å². The van der Waals surface area contributed by atoms with Crippen LogP contribution in [0.5, 0.6) is 5.75 Å². The highest BCUT2D eigenvalue weighted by Crippen LogP contribution is 2.30. The monoisotopic (exact) mass is 353 g/mol. The Morgan fingerprint density at radius 2 is 2.08 bits per heavy atom. The maximum Gasteiger partial charge on any atom is 0.260 e. The summed E-state index contributed by atoms with van der Waals surface area (Å²) in [5.41, 5.74) is 6.59. The fraction of sp³-hybridized carbons (Fsp3) is 0.529. The number of hydrogen-bond donors (Lipinski definition) is 2. The molecular formula is C17H24ClN3O3. The molecule has 7 heteroatoms. The number of piperidine rings is 1. The number of anilines is 1. The summed E-state index contributed by atoms with van der Waals surface area (Å²) in [7, 11) is 0. The van der Waals surface area contributed by atoms with Gasteiger partial charge in [0.05, 0.1) is 0 Å². The van der Waals surface area contributed by atoms with Crippen LogP contribution >= 0.6 is 12.4 Å².